The second-order valence-corrected chi connectivity index (χ2v) is 4.26. The highest BCUT2D eigenvalue weighted by molar-refractivity contribution is 5.29. The van der Waals surface area contributed by atoms with Crippen molar-refractivity contribution >= 4 is 0 Å². The quantitative estimate of drug-likeness (QED) is 0.610. The number of nitro groups is 1. The van der Waals surface area contributed by atoms with Crippen LogP contribution in [0.15, 0.2) is 54.6 Å². The second-order valence-electron chi connectivity index (χ2n) is 4.26. The number of benzene rings is 2. The highest BCUT2D eigenvalue weighted by Crippen LogP contribution is 2.22. The fourth-order valence-electron chi connectivity index (χ4n) is 1.97. The van der Waals surface area contributed by atoms with Gasteiger partial charge in [0.05, 0.1) is 7.11 Å². The molecular weight excluding hydrogens is 242 g/mol. The van der Waals surface area contributed by atoms with E-state index in [0.29, 0.717) is 6.42 Å². The van der Waals surface area contributed by atoms with Gasteiger partial charge in [0.25, 0.3) is 0 Å². The SMILES string of the molecule is COc1ccc(CC(c2ccccc2)[N+](=O)[O-])cc1. The summed E-state index contributed by atoms with van der Waals surface area (Å²) in [4.78, 5) is 11.0. The topological polar surface area (TPSA) is 52.4 Å². The van der Waals surface area contributed by atoms with Gasteiger partial charge in [-0.3, -0.25) is 10.1 Å². The summed E-state index contributed by atoms with van der Waals surface area (Å²) in [6.07, 6.45) is 0.376. The Morgan fingerprint density at radius 2 is 1.74 bits per heavy atom. The van der Waals surface area contributed by atoms with Crippen LogP contribution in [0.5, 0.6) is 5.75 Å². The molecule has 2 aromatic carbocycles. The van der Waals surface area contributed by atoms with Crippen molar-refractivity contribution in [3.8, 4) is 5.75 Å². The Morgan fingerprint density at radius 3 is 2.26 bits per heavy atom. The predicted octanol–water partition coefficient (Wildman–Crippen LogP) is 3.26. The van der Waals surface area contributed by atoms with Crippen molar-refractivity contribution in [2.75, 3.05) is 7.11 Å². The van der Waals surface area contributed by atoms with Gasteiger partial charge in [0.2, 0.25) is 6.04 Å². The fraction of sp³-hybridized carbons (Fsp3) is 0.200. The third kappa shape index (κ3) is 3.31. The lowest BCUT2D eigenvalue weighted by atomic mass is 9.99. The molecule has 0 amide bonds. The van der Waals surface area contributed by atoms with Gasteiger partial charge in [-0.05, 0) is 17.7 Å². The molecule has 0 aliphatic rings. The van der Waals surface area contributed by atoms with E-state index in [1.54, 1.807) is 19.2 Å². The van der Waals surface area contributed by atoms with Crippen molar-refractivity contribution in [1.29, 1.82) is 0 Å². The number of hydrogen-bond donors (Lipinski definition) is 0. The Morgan fingerprint density at radius 1 is 1.11 bits per heavy atom. The largest absolute Gasteiger partial charge is 0.497 e. The molecule has 0 N–H and O–H groups in total. The van der Waals surface area contributed by atoms with Crippen LogP contribution in [-0.2, 0) is 6.42 Å². The van der Waals surface area contributed by atoms with Gasteiger partial charge in [-0.1, -0.05) is 42.5 Å². The van der Waals surface area contributed by atoms with E-state index in [1.807, 2.05) is 42.5 Å². The van der Waals surface area contributed by atoms with Gasteiger partial charge >= 0.3 is 0 Å². The van der Waals surface area contributed by atoms with Crippen LogP contribution in [0.3, 0.4) is 0 Å². The molecule has 19 heavy (non-hydrogen) atoms. The molecule has 4 heteroatoms. The molecule has 4 nitrogen and oxygen atoms in total. The number of nitrogens with zero attached hydrogens (tertiary/aromatic N) is 1. The highest BCUT2D eigenvalue weighted by Gasteiger charge is 2.22. The van der Waals surface area contributed by atoms with Crippen LogP contribution in [0.2, 0.25) is 0 Å². The summed E-state index contributed by atoms with van der Waals surface area (Å²) in [6.45, 7) is 0. The maximum absolute atomic E-state index is 11.2. The maximum Gasteiger partial charge on any atom is 0.242 e. The molecule has 1 unspecified atom stereocenters. The lowest BCUT2D eigenvalue weighted by molar-refractivity contribution is -0.528. The second kappa shape index (κ2) is 6.00. The Balaban J connectivity index is 2.19. The van der Waals surface area contributed by atoms with E-state index in [-0.39, 0.29) is 4.92 Å². The Hall–Kier alpha value is -2.36. The van der Waals surface area contributed by atoms with E-state index >= 15 is 0 Å². The van der Waals surface area contributed by atoms with E-state index in [2.05, 4.69) is 0 Å². The van der Waals surface area contributed by atoms with E-state index in [4.69, 9.17) is 4.74 Å². The van der Waals surface area contributed by atoms with Gasteiger partial charge in [0.15, 0.2) is 0 Å². The van der Waals surface area contributed by atoms with Gasteiger partial charge in [-0.2, -0.15) is 0 Å². The summed E-state index contributed by atoms with van der Waals surface area (Å²) in [5, 5.41) is 11.2. The minimum atomic E-state index is -0.713. The number of hydrogen-bond acceptors (Lipinski definition) is 3. The first-order valence-corrected chi connectivity index (χ1v) is 6.02. The summed E-state index contributed by atoms with van der Waals surface area (Å²) in [5.41, 5.74) is 1.65. The molecule has 0 radical (unpaired) electrons. The maximum atomic E-state index is 11.2. The van der Waals surface area contributed by atoms with E-state index in [1.165, 1.54) is 0 Å². The van der Waals surface area contributed by atoms with Crippen molar-refractivity contribution in [2.24, 2.45) is 0 Å². The molecule has 1 atom stereocenters. The van der Waals surface area contributed by atoms with Crippen LogP contribution in [-0.4, -0.2) is 12.0 Å². The van der Waals surface area contributed by atoms with Crippen LogP contribution < -0.4 is 4.74 Å². The molecule has 98 valence electrons. The number of ether oxygens (including phenoxy) is 1. The molecule has 0 aliphatic heterocycles. The van der Waals surface area contributed by atoms with Crippen LogP contribution in [0.1, 0.15) is 17.2 Å². The molecule has 0 heterocycles. The smallest absolute Gasteiger partial charge is 0.242 e. The molecule has 2 rings (SSSR count). The third-order valence-electron chi connectivity index (χ3n) is 3.03. The van der Waals surface area contributed by atoms with E-state index in [0.717, 1.165) is 16.9 Å². The molecule has 0 aromatic heterocycles. The number of methoxy groups -OCH3 is 1. The van der Waals surface area contributed by atoms with E-state index in [9.17, 15) is 10.1 Å². The molecule has 0 aliphatic carbocycles. The molecule has 0 spiro atoms. The minimum Gasteiger partial charge on any atom is -0.497 e. The molecule has 0 bridgehead atoms. The number of rotatable bonds is 5. The molecule has 0 fully saturated rings. The van der Waals surface area contributed by atoms with Crippen LogP contribution in [0.25, 0.3) is 0 Å². The molecule has 0 saturated heterocycles. The zero-order valence-electron chi connectivity index (χ0n) is 10.7. The third-order valence-corrected chi connectivity index (χ3v) is 3.03. The predicted molar refractivity (Wildman–Crippen MR) is 72.9 cm³/mol. The van der Waals surface area contributed by atoms with Crippen molar-refractivity contribution in [3.63, 3.8) is 0 Å². The van der Waals surface area contributed by atoms with Crippen molar-refractivity contribution in [3.05, 3.63) is 75.8 Å². The molecular formula is C15H15NO3. The first-order valence-electron chi connectivity index (χ1n) is 6.02. The average molecular weight is 257 g/mol. The average Bonchev–Trinajstić information content (AvgIpc) is 2.46. The standard InChI is InChI=1S/C15H15NO3/c1-19-14-9-7-12(8-10-14)11-15(16(17)18)13-5-3-2-4-6-13/h2-10,15H,11H2,1H3. The summed E-state index contributed by atoms with van der Waals surface area (Å²) >= 11 is 0. The Bertz CT molecular complexity index is 537. The summed E-state index contributed by atoms with van der Waals surface area (Å²) in [5.74, 6) is 0.751. The van der Waals surface area contributed by atoms with Gasteiger partial charge in [0.1, 0.15) is 5.75 Å². The lowest BCUT2D eigenvalue weighted by Gasteiger charge is -2.10. The first kappa shape index (κ1) is 13.1. The molecule has 0 saturated carbocycles. The lowest BCUT2D eigenvalue weighted by Crippen LogP contribution is -2.13. The summed E-state index contributed by atoms with van der Waals surface area (Å²) in [6, 6.07) is 15.7. The highest BCUT2D eigenvalue weighted by atomic mass is 16.6. The first-order chi connectivity index (χ1) is 9.20. The Kier molecular flexibility index (Phi) is 4.13. The monoisotopic (exact) mass is 257 g/mol. The van der Waals surface area contributed by atoms with Gasteiger partial charge < -0.3 is 4.74 Å². The van der Waals surface area contributed by atoms with Crippen molar-refractivity contribution in [2.45, 2.75) is 12.5 Å². The molecule has 2 aromatic rings. The van der Waals surface area contributed by atoms with Crippen molar-refractivity contribution < 1.29 is 9.66 Å². The van der Waals surface area contributed by atoms with E-state index < -0.39 is 6.04 Å². The zero-order chi connectivity index (χ0) is 13.7. The van der Waals surface area contributed by atoms with Gasteiger partial charge in [0, 0.05) is 16.9 Å². The fourth-order valence-corrected chi connectivity index (χ4v) is 1.97. The van der Waals surface area contributed by atoms with Gasteiger partial charge in [-0.25, -0.2) is 0 Å². The summed E-state index contributed by atoms with van der Waals surface area (Å²) < 4.78 is 5.07. The van der Waals surface area contributed by atoms with Crippen LogP contribution in [0.4, 0.5) is 0 Å². The normalized spacial score (nSPS) is 11.8. The van der Waals surface area contributed by atoms with Crippen molar-refractivity contribution in [1.82, 2.24) is 0 Å². The minimum absolute atomic E-state index is 0.237. The van der Waals surface area contributed by atoms with Gasteiger partial charge in [-0.15, -0.1) is 0 Å². The Labute approximate surface area is 111 Å². The summed E-state index contributed by atoms with van der Waals surface area (Å²) in [7, 11) is 1.60. The van der Waals surface area contributed by atoms with Crippen LogP contribution in [0, 0.1) is 10.1 Å². The van der Waals surface area contributed by atoms with Crippen LogP contribution >= 0.6 is 0 Å². The zero-order valence-corrected chi connectivity index (χ0v) is 10.7.